The Balaban J connectivity index is 1.49. The summed E-state index contributed by atoms with van der Waals surface area (Å²) in [5.41, 5.74) is 1.10. The summed E-state index contributed by atoms with van der Waals surface area (Å²) >= 11 is 0. The Labute approximate surface area is 142 Å². The molecule has 1 atom stereocenters. The molecule has 0 bridgehead atoms. The van der Waals surface area contributed by atoms with E-state index in [9.17, 15) is 0 Å². The molecule has 7 nitrogen and oxygen atoms in total. The van der Waals surface area contributed by atoms with Gasteiger partial charge in [0.25, 0.3) is 0 Å². The Bertz CT molecular complexity index is 652. The lowest BCUT2D eigenvalue weighted by molar-refractivity contribution is -0.0113. The van der Waals surface area contributed by atoms with Crippen molar-refractivity contribution in [2.24, 2.45) is 7.05 Å². The van der Waals surface area contributed by atoms with E-state index in [1.165, 1.54) is 0 Å². The number of nitrogens with zero attached hydrogens (tertiary/aromatic N) is 5. The Hall–Kier alpha value is -1.99. The minimum absolute atomic E-state index is 0.222. The maximum absolute atomic E-state index is 6.10. The van der Waals surface area contributed by atoms with Crippen LogP contribution >= 0.6 is 0 Å². The Morgan fingerprint density at radius 1 is 1.25 bits per heavy atom. The lowest BCUT2D eigenvalue weighted by atomic mass is 10.1. The van der Waals surface area contributed by atoms with Gasteiger partial charge < -0.3 is 9.47 Å². The molecule has 0 aliphatic carbocycles. The normalized spacial score (nSPS) is 17.8. The molecule has 0 saturated carbocycles. The number of hydrogen-bond acceptors (Lipinski definition) is 6. The van der Waals surface area contributed by atoms with Crippen LogP contribution in [0, 0.1) is 0 Å². The lowest BCUT2D eigenvalue weighted by Gasteiger charge is -2.35. The minimum atomic E-state index is 0.222. The predicted octanol–water partition coefficient (Wildman–Crippen LogP) is 1.96. The van der Waals surface area contributed by atoms with E-state index < -0.39 is 0 Å². The third kappa shape index (κ3) is 3.73. The second-order valence-electron chi connectivity index (χ2n) is 6.19. The first kappa shape index (κ1) is 16.9. The Morgan fingerprint density at radius 2 is 2.00 bits per heavy atom. The highest BCUT2D eigenvalue weighted by Crippen LogP contribution is 2.25. The smallest absolute Gasteiger partial charge is 0.167 e. The van der Waals surface area contributed by atoms with E-state index in [4.69, 9.17) is 9.47 Å². The zero-order valence-electron chi connectivity index (χ0n) is 14.6. The number of piperidine rings is 1. The van der Waals surface area contributed by atoms with Crippen molar-refractivity contribution in [1.29, 1.82) is 0 Å². The number of aryl methyl sites for hydroxylation is 1. The molecule has 130 valence electrons. The van der Waals surface area contributed by atoms with Crippen LogP contribution in [0.5, 0.6) is 5.75 Å². The molecule has 1 fully saturated rings. The second kappa shape index (κ2) is 7.72. The molecule has 0 N–H and O–H groups in total. The van der Waals surface area contributed by atoms with Gasteiger partial charge in [0, 0.05) is 25.7 Å². The minimum Gasteiger partial charge on any atom is -0.496 e. The zero-order valence-corrected chi connectivity index (χ0v) is 14.6. The van der Waals surface area contributed by atoms with Crippen molar-refractivity contribution >= 4 is 0 Å². The van der Waals surface area contributed by atoms with Gasteiger partial charge in [0.1, 0.15) is 5.75 Å². The third-order valence-electron chi connectivity index (χ3n) is 4.72. The Kier molecular flexibility index (Phi) is 5.42. The summed E-state index contributed by atoms with van der Waals surface area (Å²) in [5.74, 6) is 1.79. The van der Waals surface area contributed by atoms with Gasteiger partial charge in [0.05, 0.1) is 25.9 Å². The van der Waals surface area contributed by atoms with Crippen LogP contribution in [0.1, 0.15) is 37.2 Å². The van der Waals surface area contributed by atoms with Crippen molar-refractivity contribution in [3.8, 4) is 5.75 Å². The molecule has 3 rings (SSSR count). The average molecular weight is 331 g/mol. The number of rotatable bonds is 6. The molecule has 1 unspecified atom stereocenters. The fourth-order valence-corrected chi connectivity index (χ4v) is 3.21. The molecule has 7 heteroatoms. The summed E-state index contributed by atoms with van der Waals surface area (Å²) in [7, 11) is 3.58. The lowest BCUT2D eigenvalue weighted by Crippen LogP contribution is -2.39. The first-order chi connectivity index (χ1) is 11.7. The first-order valence-electron chi connectivity index (χ1n) is 8.39. The molecule has 1 aromatic carbocycles. The van der Waals surface area contributed by atoms with Crippen molar-refractivity contribution in [2.45, 2.75) is 38.5 Å². The molecule has 24 heavy (non-hydrogen) atoms. The highest BCUT2D eigenvalue weighted by molar-refractivity contribution is 5.32. The summed E-state index contributed by atoms with van der Waals surface area (Å²) in [4.78, 5) is 2.41. The van der Waals surface area contributed by atoms with E-state index in [-0.39, 0.29) is 12.1 Å². The molecular formula is C17H25N5O2. The quantitative estimate of drug-likeness (QED) is 0.806. The van der Waals surface area contributed by atoms with E-state index in [1.807, 2.05) is 25.2 Å². The molecular weight excluding hydrogens is 306 g/mol. The van der Waals surface area contributed by atoms with Crippen LogP contribution in [0.2, 0.25) is 0 Å². The number of tetrazole rings is 1. The molecule has 0 spiro atoms. The molecule has 2 aromatic rings. The van der Waals surface area contributed by atoms with Crippen molar-refractivity contribution < 1.29 is 9.47 Å². The zero-order chi connectivity index (χ0) is 16.9. The highest BCUT2D eigenvalue weighted by Gasteiger charge is 2.26. The summed E-state index contributed by atoms with van der Waals surface area (Å²) in [5, 5.41) is 11.8. The van der Waals surface area contributed by atoms with Gasteiger partial charge in [-0.1, -0.05) is 18.2 Å². The molecule has 0 amide bonds. The summed E-state index contributed by atoms with van der Waals surface area (Å²) in [6.07, 6.45) is 2.33. The van der Waals surface area contributed by atoms with Crippen LogP contribution in [-0.2, 0) is 18.4 Å². The van der Waals surface area contributed by atoms with Gasteiger partial charge in [-0.2, -0.15) is 0 Å². The fourth-order valence-electron chi connectivity index (χ4n) is 3.21. The SMILES string of the molecule is COc1ccccc1COC1CCN(C(C)c2nnnn2C)CC1. The standard InChI is InChI=1S/C17H25N5O2/c1-13(17-18-19-20-21(17)2)22-10-8-15(9-11-22)24-12-14-6-4-5-7-16(14)23-3/h4-7,13,15H,8-12H2,1-3H3. The van der Waals surface area contributed by atoms with Gasteiger partial charge >= 0.3 is 0 Å². The number of methoxy groups -OCH3 is 1. The summed E-state index contributed by atoms with van der Waals surface area (Å²) in [6, 6.07) is 8.24. The molecule has 1 aliphatic rings. The van der Waals surface area contributed by atoms with E-state index in [1.54, 1.807) is 11.8 Å². The molecule has 1 aromatic heterocycles. The predicted molar refractivity (Wildman–Crippen MR) is 89.6 cm³/mol. The van der Waals surface area contributed by atoms with Crippen LogP contribution < -0.4 is 4.74 Å². The van der Waals surface area contributed by atoms with Gasteiger partial charge in [-0.3, -0.25) is 4.90 Å². The fraction of sp³-hybridized carbons (Fsp3) is 0.588. The van der Waals surface area contributed by atoms with Crippen molar-refractivity contribution in [2.75, 3.05) is 20.2 Å². The van der Waals surface area contributed by atoms with Gasteiger partial charge in [0.2, 0.25) is 0 Å². The van der Waals surface area contributed by atoms with Crippen LogP contribution in [0.15, 0.2) is 24.3 Å². The van der Waals surface area contributed by atoms with Crippen molar-refractivity contribution in [3.05, 3.63) is 35.7 Å². The van der Waals surface area contributed by atoms with Crippen LogP contribution in [-0.4, -0.2) is 51.4 Å². The number of para-hydroxylation sites is 1. The number of benzene rings is 1. The maximum atomic E-state index is 6.10. The van der Waals surface area contributed by atoms with Crippen LogP contribution in [0.25, 0.3) is 0 Å². The Morgan fingerprint density at radius 3 is 2.67 bits per heavy atom. The van der Waals surface area contributed by atoms with E-state index in [0.717, 1.165) is 43.1 Å². The first-order valence-corrected chi connectivity index (χ1v) is 8.39. The topological polar surface area (TPSA) is 65.3 Å². The number of ether oxygens (including phenoxy) is 2. The van der Waals surface area contributed by atoms with E-state index >= 15 is 0 Å². The van der Waals surface area contributed by atoms with Gasteiger partial charge in [-0.15, -0.1) is 5.10 Å². The van der Waals surface area contributed by atoms with Crippen molar-refractivity contribution in [3.63, 3.8) is 0 Å². The summed E-state index contributed by atoms with van der Waals surface area (Å²) in [6.45, 7) is 4.73. The third-order valence-corrected chi connectivity index (χ3v) is 4.72. The van der Waals surface area contributed by atoms with E-state index in [2.05, 4.69) is 33.4 Å². The second-order valence-corrected chi connectivity index (χ2v) is 6.19. The van der Waals surface area contributed by atoms with Gasteiger partial charge in [0.15, 0.2) is 5.82 Å². The number of hydrogen-bond donors (Lipinski definition) is 0. The molecule has 1 aliphatic heterocycles. The number of likely N-dealkylation sites (tertiary alicyclic amines) is 1. The maximum Gasteiger partial charge on any atom is 0.167 e. The van der Waals surface area contributed by atoms with E-state index in [0.29, 0.717) is 6.61 Å². The largest absolute Gasteiger partial charge is 0.496 e. The molecule has 2 heterocycles. The highest BCUT2D eigenvalue weighted by atomic mass is 16.5. The van der Waals surface area contributed by atoms with Crippen molar-refractivity contribution in [1.82, 2.24) is 25.1 Å². The average Bonchev–Trinajstić information content (AvgIpc) is 3.06. The molecule has 0 radical (unpaired) electrons. The van der Waals surface area contributed by atoms with Gasteiger partial charge in [-0.25, -0.2) is 4.68 Å². The van der Waals surface area contributed by atoms with Gasteiger partial charge in [-0.05, 0) is 36.3 Å². The van der Waals surface area contributed by atoms with Crippen LogP contribution in [0.3, 0.4) is 0 Å². The number of aromatic nitrogens is 4. The molecule has 1 saturated heterocycles. The van der Waals surface area contributed by atoms with Crippen LogP contribution in [0.4, 0.5) is 0 Å². The monoisotopic (exact) mass is 331 g/mol. The summed E-state index contributed by atoms with van der Waals surface area (Å²) < 4.78 is 13.2.